The number of nitrogens with zero attached hydrogens (tertiary/aromatic N) is 1. The molecule has 0 unspecified atom stereocenters. The summed E-state index contributed by atoms with van der Waals surface area (Å²) in [6.07, 6.45) is 2.66. The van der Waals surface area contributed by atoms with Crippen LogP contribution in [0.2, 0.25) is 0 Å². The van der Waals surface area contributed by atoms with E-state index in [1.54, 1.807) is 11.0 Å². The molecule has 0 bridgehead atoms. The van der Waals surface area contributed by atoms with E-state index < -0.39 is 0 Å². The lowest BCUT2D eigenvalue weighted by atomic mass is 10.1. The fourth-order valence-electron chi connectivity index (χ4n) is 4.08. The Morgan fingerprint density at radius 1 is 0.968 bits per heavy atom. The molecular weight excluding hydrogens is 388 g/mol. The Bertz CT molecular complexity index is 876. The maximum atomic E-state index is 12.9. The van der Waals surface area contributed by atoms with Gasteiger partial charge in [0.25, 0.3) is 11.8 Å². The van der Waals surface area contributed by atoms with Gasteiger partial charge in [-0.3, -0.25) is 9.59 Å². The van der Waals surface area contributed by atoms with Crippen molar-refractivity contribution in [2.24, 2.45) is 0 Å². The second kappa shape index (κ2) is 11.4. The molecule has 3 N–H and O–H groups in total. The largest absolute Gasteiger partial charge is 0.321 e. The predicted octanol–water partition coefficient (Wildman–Crippen LogP) is 0.190. The molecule has 0 spiro atoms. The number of hydrogen-bond acceptors (Lipinski definition) is 2. The smallest absolute Gasteiger partial charge is 0.282 e. The Hall–Kier alpha value is -2.96. The fraction of sp³-hybridized carbons (Fsp3) is 0.360. The van der Waals surface area contributed by atoms with Crippen molar-refractivity contribution in [3.63, 3.8) is 0 Å². The first-order valence-electron chi connectivity index (χ1n) is 11.1. The summed E-state index contributed by atoms with van der Waals surface area (Å²) in [6, 6.07) is 17.7. The standard InChI is InChI=1S/C25H32N4O2/c1-3-14-29(22-11-6-5-7-12-22)25(31)20-28-17-15-27(16-18-28)19-24(30)26-23-13-9-8-10-21(23)4-2/h3,5-13H,1,4,14-20H2,2H3,(H,26,30)/p+2. The zero-order valence-electron chi connectivity index (χ0n) is 18.4. The molecule has 2 amide bonds. The summed E-state index contributed by atoms with van der Waals surface area (Å²) in [7, 11) is 0. The number of para-hydroxylation sites is 2. The number of anilines is 2. The van der Waals surface area contributed by atoms with Crippen LogP contribution in [-0.2, 0) is 16.0 Å². The van der Waals surface area contributed by atoms with Gasteiger partial charge in [-0.2, -0.15) is 0 Å². The topological polar surface area (TPSA) is 58.3 Å². The Morgan fingerprint density at radius 2 is 1.58 bits per heavy atom. The van der Waals surface area contributed by atoms with Crippen LogP contribution in [-0.4, -0.2) is 57.6 Å². The highest BCUT2D eigenvalue weighted by Crippen LogP contribution is 2.15. The lowest BCUT2D eigenvalue weighted by molar-refractivity contribution is -1.00. The summed E-state index contributed by atoms with van der Waals surface area (Å²) in [5, 5.41) is 3.06. The summed E-state index contributed by atoms with van der Waals surface area (Å²) in [5.74, 6) is 0.162. The lowest BCUT2D eigenvalue weighted by Gasteiger charge is -2.30. The Labute approximate surface area is 185 Å². The molecule has 6 nitrogen and oxygen atoms in total. The molecule has 1 heterocycles. The number of amides is 2. The number of aryl methyl sites for hydroxylation is 1. The molecule has 0 atom stereocenters. The van der Waals surface area contributed by atoms with Crippen molar-refractivity contribution in [2.45, 2.75) is 13.3 Å². The van der Waals surface area contributed by atoms with Gasteiger partial charge in [-0.25, -0.2) is 0 Å². The predicted molar refractivity (Wildman–Crippen MR) is 125 cm³/mol. The highest BCUT2D eigenvalue weighted by atomic mass is 16.2. The number of quaternary nitrogens is 2. The number of piperazine rings is 1. The van der Waals surface area contributed by atoms with Crippen LogP contribution in [0.3, 0.4) is 0 Å². The number of carbonyl (C=O) groups excluding carboxylic acids is 2. The van der Waals surface area contributed by atoms with E-state index in [-0.39, 0.29) is 11.8 Å². The summed E-state index contributed by atoms with van der Waals surface area (Å²) in [6.45, 7) is 10.9. The van der Waals surface area contributed by atoms with E-state index in [1.807, 2.05) is 54.6 Å². The first kappa shape index (κ1) is 22.7. The third kappa shape index (κ3) is 6.51. The molecule has 31 heavy (non-hydrogen) atoms. The van der Waals surface area contributed by atoms with Gasteiger partial charge in [0, 0.05) is 17.9 Å². The quantitative estimate of drug-likeness (QED) is 0.506. The first-order valence-corrected chi connectivity index (χ1v) is 11.1. The zero-order chi connectivity index (χ0) is 22.1. The lowest BCUT2D eigenvalue weighted by Crippen LogP contribution is -3.28. The van der Waals surface area contributed by atoms with Crippen LogP contribution in [0.25, 0.3) is 0 Å². The molecule has 164 valence electrons. The zero-order valence-corrected chi connectivity index (χ0v) is 18.4. The van der Waals surface area contributed by atoms with Crippen molar-refractivity contribution < 1.29 is 19.4 Å². The van der Waals surface area contributed by atoms with Crippen LogP contribution in [0, 0.1) is 0 Å². The molecule has 6 heteroatoms. The Kier molecular flexibility index (Phi) is 8.38. The monoisotopic (exact) mass is 422 g/mol. The van der Waals surface area contributed by atoms with E-state index in [4.69, 9.17) is 0 Å². The minimum atomic E-state index is 0.0525. The molecule has 3 rings (SSSR count). The maximum absolute atomic E-state index is 12.9. The SMILES string of the molecule is C=CCN(C(=O)C[NH+]1CC[NH+](CC(=O)Nc2ccccc2CC)CC1)c1ccccc1. The third-order valence-electron chi connectivity index (χ3n) is 5.83. The van der Waals surface area contributed by atoms with Gasteiger partial charge in [-0.1, -0.05) is 49.4 Å². The van der Waals surface area contributed by atoms with Gasteiger partial charge in [0.15, 0.2) is 13.1 Å². The average Bonchev–Trinajstić information content (AvgIpc) is 2.79. The number of carbonyl (C=O) groups is 2. The van der Waals surface area contributed by atoms with E-state index in [0.29, 0.717) is 19.6 Å². The van der Waals surface area contributed by atoms with Crippen molar-refractivity contribution in [1.29, 1.82) is 0 Å². The summed E-state index contributed by atoms with van der Waals surface area (Å²) in [4.78, 5) is 29.8. The highest BCUT2D eigenvalue weighted by molar-refractivity contribution is 5.94. The molecule has 0 aliphatic carbocycles. The number of rotatable bonds is 9. The van der Waals surface area contributed by atoms with Crippen molar-refractivity contribution in [3.8, 4) is 0 Å². The molecule has 0 aromatic heterocycles. The molecule has 2 aromatic carbocycles. The molecular formula is C25H34N4O2+2. The normalized spacial score (nSPS) is 18.2. The van der Waals surface area contributed by atoms with E-state index in [9.17, 15) is 9.59 Å². The van der Waals surface area contributed by atoms with Crippen LogP contribution >= 0.6 is 0 Å². The van der Waals surface area contributed by atoms with Gasteiger partial charge < -0.3 is 20.0 Å². The van der Waals surface area contributed by atoms with Crippen molar-refractivity contribution >= 4 is 23.2 Å². The Balaban J connectivity index is 1.47. The maximum Gasteiger partial charge on any atom is 0.282 e. The van der Waals surface area contributed by atoms with Crippen LogP contribution in [0.15, 0.2) is 67.3 Å². The van der Waals surface area contributed by atoms with Crippen molar-refractivity contribution in [3.05, 3.63) is 72.8 Å². The van der Waals surface area contributed by atoms with Crippen LogP contribution < -0.4 is 20.0 Å². The van der Waals surface area contributed by atoms with Crippen molar-refractivity contribution in [2.75, 3.05) is 56.0 Å². The van der Waals surface area contributed by atoms with Crippen LogP contribution in [0.5, 0.6) is 0 Å². The number of benzene rings is 2. The van der Waals surface area contributed by atoms with Crippen LogP contribution in [0.1, 0.15) is 12.5 Å². The minimum absolute atomic E-state index is 0.0525. The molecule has 0 radical (unpaired) electrons. The molecule has 0 saturated carbocycles. The van der Waals surface area contributed by atoms with Crippen LogP contribution in [0.4, 0.5) is 11.4 Å². The highest BCUT2D eigenvalue weighted by Gasteiger charge is 2.28. The fourth-order valence-corrected chi connectivity index (χ4v) is 4.08. The van der Waals surface area contributed by atoms with Gasteiger partial charge in [0.2, 0.25) is 0 Å². The molecule has 1 aliphatic rings. The Morgan fingerprint density at radius 3 is 2.23 bits per heavy atom. The third-order valence-corrected chi connectivity index (χ3v) is 5.83. The summed E-state index contributed by atoms with van der Waals surface area (Å²) in [5.41, 5.74) is 2.97. The first-order chi connectivity index (χ1) is 15.1. The van der Waals surface area contributed by atoms with E-state index >= 15 is 0 Å². The average molecular weight is 423 g/mol. The minimum Gasteiger partial charge on any atom is -0.321 e. The van der Waals surface area contributed by atoms with Crippen molar-refractivity contribution in [1.82, 2.24) is 0 Å². The van der Waals surface area contributed by atoms with Gasteiger partial charge in [-0.15, -0.1) is 6.58 Å². The van der Waals surface area contributed by atoms with E-state index in [1.165, 1.54) is 9.80 Å². The van der Waals surface area contributed by atoms with E-state index in [2.05, 4.69) is 18.8 Å². The molecule has 1 aliphatic heterocycles. The second-order valence-corrected chi connectivity index (χ2v) is 8.04. The van der Waals surface area contributed by atoms with Gasteiger partial charge in [0.1, 0.15) is 26.2 Å². The second-order valence-electron chi connectivity index (χ2n) is 8.04. The van der Waals surface area contributed by atoms with Gasteiger partial charge in [0.05, 0.1) is 0 Å². The number of nitrogens with one attached hydrogen (secondary N) is 3. The molecule has 2 aromatic rings. The van der Waals surface area contributed by atoms with Gasteiger partial charge >= 0.3 is 0 Å². The number of hydrogen-bond donors (Lipinski definition) is 3. The van der Waals surface area contributed by atoms with E-state index in [0.717, 1.165) is 49.5 Å². The van der Waals surface area contributed by atoms with Gasteiger partial charge in [-0.05, 0) is 30.2 Å². The molecule has 1 saturated heterocycles. The molecule has 1 fully saturated rings. The summed E-state index contributed by atoms with van der Waals surface area (Å²) >= 11 is 0. The summed E-state index contributed by atoms with van der Waals surface area (Å²) < 4.78 is 0.